The summed E-state index contributed by atoms with van der Waals surface area (Å²) >= 11 is 1.72. The highest BCUT2D eigenvalue weighted by Gasteiger charge is 2.02. The summed E-state index contributed by atoms with van der Waals surface area (Å²) in [7, 11) is 4.15. The van der Waals surface area contributed by atoms with Gasteiger partial charge in [0.25, 0.3) is 0 Å². The van der Waals surface area contributed by atoms with Gasteiger partial charge in [-0.3, -0.25) is 0 Å². The highest BCUT2D eigenvalue weighted by molar-refractivity contribution is 7.22. The van der Waals surface area contributed by atoms with Gasteiger partial charge in [-0.05, 0) is 38.7 Å². The van der Waals surface area contributed by atoms with E-state index in [9.17, 15) is 0 Å². The van der Waals surface area contributed by atoms with Crippen LogP contribution in [-0.4, -0.2) is 37.1 Å². The molecule has 0 aliphatic carbocycles. The third-order valence-corrected chi connectivity index (χ3v) is 3.37. The predicted octanol–water partition coefficient (Wildman–Crippen LogP) is 2.58. The fourth-order valence-electron chi connectivity index (χ4n) is 1.50. The smallest absolute Gasteiger partial charge is 0.183 e. The van der Waals surface area contributed by atoms with Crippen LogP contribution in [0.4, 0.5) is 5.13 Å². The molecule has 0 atom stereocenters. The maximum absolute atomic E-state index is 4.56. The first-order chi connectivity index (χ1) is 7.65. The van der Waals surface area contributed by atoms with Gasteiger partial charge >= 0.3 is 0 Å². The van der Waals surface area contributed by atoms with Crippen LogP contribution in [0.1, 0.15) is 5.56 Å². The number of hydrogen-bond acceptors (Lipinski definition) is 4. The van der Waals surface area contributed by atoms with E-state index in [4.69, 9.17) is 0 Å². The van der Waals surface area contributed by atoms with Crippen molar-refractivity contribution in [3.05, 3.63) is 23.8 Å². The molecule has 0 spiro atoms. The van der Waals surface area contributed by atoms with Crippen LogP contribution in [0.5, 0.6) is 0 Å². The molecule has 16 heavy (non-hydrogen) atoms. The lowest BCUT2D eigenvalue weighted by atomic mass is 10.2. The monoisotopic (exact) mass is 235 g/mol. The van der Waals surface area contributed by atoms with Crippen molar-refractivity contribution >= 4 is 26.7 Å². The van der Waals surface area contributed by atoms with Gasteiger partial charge in [0.15, 0.2) is 5.13 Å². The third kappa shape index (κ3) is 2.71. The van der Waals surface area contributed by atoms with Gasteiger partial charge in [0.2, 0.25) is 0 Å². The van der Waals surface area contributed by atoms with Crippen LogP contribution in [0, 0.1) is 6.92 Å². The molecule has 1 heterocycles. The van der Waals surface area contributed by atoms with Crippen LogP contribution in [0.3, 0.4) is 0 Å². The van der Waals surface area contributed by atoms with Crippen molar-refractivity contribution in [3.8, 4) is 0 Å². The number of benzene rings is 1. The molecule has 1 aromatic heterocycles. The van der Waals surface area contributed by atoms with E-state index in [1.54, 1.807) is 11.3 Å². The van der Waals surface area contributed by atoms with E-state index in [0.29, 0.717) is 0 Å². The minimum atomic E-state index is 0.936. The van der Waals surface area contributed by atoms with E-state index in [-0.39, 0.29) is 0 Å². The van der Waals surface area contributed by atoms with E-state index in [1.807, 2.05) is 0 Å². The molecule has 0 aliphatic rings. The second-order valence-corrected chi connectivity index (χ2v) is 5.25. The molecule has 86 valence electrons. The van der Waals surface area contributed by atoms with E-state index in [2.05, 4.69) is 54.4 Å². The van der Waals surface area contributed by atoms with Crippen molar-refractivity contribution in [1.29, 1.82) is 0 Å². The number of rotatable bonds is 4. The molecule has 3 nitrogen and oxygen atoms in total. The molecule has 0 saturated heterocycles. The summed E-state index contributed by atoms with van der Waals surface area (Å²) < 4.78 is 1.25. The molecule has 0 aliphatic heterocycles. The van der Waals surface area contributed by atoms with Gasteiger partial charge in [0.1, 0.15) is 0 Å². The molecule has 2 aromatic rings. The Hall–Kier alpha value is -1.13. The molecule has 0 amide bonds. The van der Waals surface area contributed by atoms with Gasteiger partial charge in [0, 0.05) is 13.1 Å². The molecule has 0 bridgehead atoms. The zero-order valence-electron chi connectivity index (χ0n) is 9.95. The topological polar surface area (TPSA) is 28.2 Å². The Bertz CT molecular complexity index is 476. The summed E-state index contributed by atoms with van der Waals surface area (Å²) in [6.45, 7) is 4.05. The average molecular weight is 235 g/mol. The minimum Gasteiger partial charge on any atom is -0.360 e. The van der Waals surface area contributed by atoms with E-state index in [1.165, 1.54) is 10.3 Å². The Kier molecular flexibility index (Phi) is 3.41. The molecule has 1 aromatic carbocycles. The Morgan fingerprint density at radius 1 is 1.38 bits per heavy atom. The molecular weight excluding hydrogens is 218 g/mol. The highest BCUT2D eigenvalue weighted by atomic mass is 32.1. The summed E-state index contributed by atoms with van der Waals surface area (Å²) in [5.74, 6) is 0. The Morgan fingerprint density at radius 2 is 2.19 bits per heavy atom. The first kappa shape index (κ1) is 11.4. The van der Waals surface area contributed by atoms with Crippen molar-refractivity contribution in [2.45, 2.75) is 6.92 Å². The number of nitrogens with one attached hydrogen (secondary N) is 1. The van der Waals surface area contributed by atoms with Crippen molar-refractivity contribution in [2.75, 3.05) is 32.5 Å². The van der Waals surface area contributed by atoms with Gasteiger partial charge in [-0.25, -0.2) is 4.98 Å². The molecule has 4 heteroatoms. The number of likely N-dealkylation sites (N-methyl/N-ethyl adjacent to an activating group) is 1. The summed E-state index contributed by atoms with van der Waals surface area (Å²) in [6, 6.07) is 6.40. The Labute approximate surface area is 100 Å². The van der Waals surface area contributed by atoms with Crippen molar-refractivity contribution < 1.29 is 0 Å². The first-order valence-electron chi connectivity index (χ1n) is 5.41. The lowest BCUT2D eigenvalue weighted by molar-refractivity contribution is 0.425. The minimum absolute atomic E-state index is 0.936. The zero-order valence-corrected chi connectivity index (χ0v) is 10.8. The van der Waals surface area contributed by atoms with Crippen LogP contribution >= 0.6 is 11.3 Å². The first-order valence-corrected chi connectivity index (χ1v) is 6.22. The molecule has 0 saturated carbocycles. The van der Waals surface area contributed by atoms with Crippen molar-refractivity contribution in [2.24, 2.45) is 0 Å². The van der Waals surface area contributed by atoms with Crippen LogP contribution in [0.2, 0.25) is 0 Å². The predicted molar refractivity (Wildman–Crippen MR) is 71.4 cm³/mol. The van der Waals surface area contributed by atoms with Gasteiger partial charge in [0.05, 0.1) is 10.2 Å². The SMILES string of the molecule is Cc1ccc2sc(NCCN(C)C)nc2c1. The normalized spacial score (nSPS) is 11.2. The molecule has 1 N–H and O–H groups in total. The number of fused-ring (bicyclic) bond motifs is 1. The van der Waals surface area contributed by atoms with Crippen molar-refractivity contribution in [1.82, 2.24) is 9.88 Å². The second kappa shape index (κ2) is 4.80. The number of nitrogens with zero attached hydrogens (tertiary/aromatic N) is 2. The van der Waals surface area contributed by atoms with Crippen LogP contribution in [0.15, 0.2) is 18.2 Å². The molecule has 0 fully saturated rings. The second-order valence-electron chi connectivity index (χ2n) is 4.22. The maximum Gasteiger partial charge on any atom is 0.183 e. The fraction of sp³-hybridized carbons (Fsp3) is 0.417. The van der Waals surface area contributed by atoms with Gasteiger partial charge in [-0.15, -0.1) is 0 Å². The van der Waals surface area contributed by atoms with Crippen LogP contribution in [-0.2, 0) is 0 Å². The van der Waals surface area contributed by atoms with Gasteiger partial charge in [-0.2, -0.15) is 0 Å². The summed E-state index contributed by atoms with van der Waals surface area (Å²) in [5, 5.41) is 4.37. The molecular formula is C12H17N3S. The molecule has 0 unspecified atom stereocenters. The van der Waals surface area contributed by atoms with Gasteiger partial charge in [-0.1, -0.05) is 17.4 Å². The fourth-order valence-corrected chi connectivity index (χ4v) is 2.37. The highest BCUT2D eigenvalue weighted by Crippen LogP contribution is 2.26. The number of thiazole rings is 1. The van der Waals surface area contributed by atoms with Crippen molar-refractivity contribution in [3.63, 3.8) is 0 Å². The van der Waals surface area contributed by atoms with Gasteiger partial charge < -0.3 is 10.2 Å². The molecule has 2 rings (SSSR count). The Morgan fingerprint density at radius 3 is 2.94 bits per heavy atom. The quantitative estimate of drug-likeness (QED) is 0.883. The van der Waals surface area contributed by atoms with E-state index >= 15 is 0 Å². The number of aromatic nitrogens is 1. The number of aryl methyl sites for hydroxylation is 1. The molecule has 0 radical (unpaired) electrons. The third-order valence-electron chi connectivity index (χ3n) is 2.38. The summed E-state index contributed by atoms with van der Waals surface area (Å²) in [4.78, 5) is 6.72. The average Bonchev–Trinajstić information content (AvgIpc) is 2.58. The standard InChI is InChI=1S/C12H17N3S/c1-9-4-5-11-10(8-9)14-12(16-11)13-6-7-15(2)3/h4-5,8H,6-7H2,1-3H3,(H,13,14). The van der Waals surface area contributed by atoms with E-state index in [0.717, 1.165) is 23.7 Å². The summed E-state index contributed by atoms with van der Waals surface area (Å²) in [6.07, 6.45) is 0. The lowest BCUT2D eigenvalue weighted by Crippen LogP contribution is -2.20. The Balaban J connectivity index is 2.08. The largest absolute Gasteiger partial charge is 0.360 e. The summed E-state index contributed by atoms with van der Waals surface area (Å²) in [5.41, 5.74) is 2.36. The lowest BCUT2D eigenvalue weighted by Gasteiger charge is -2.08. The maximum atomic E-state index is 4.56. The van der Waals surface area contributed by atoms with E-state index < -0.39 is 0 Å². The number of hydrogen-bond donors (Lipinski definition) is 1. The van der Waals surface area contributed by atoms with Crippen LogP contribution < -0.4 is 5.32 Å². The number of anilines is 1. The van der Waals surface area contributed by atoms with Crippen LogP contribution in [0.25, 0.3) is 10.2 Å². The zero-order chi connectivity index (χ0) is 11.5.